The molecule has 0 aliphatic heterocycles. The molecule has 8 heteroatoms. The zero-order valence-corrected chi connectivity index (χ0v) is 16.1. The normalized spacial score (nSPS) is 10.9. The second kappa shape index (κ2) is 8.20. The Balaban J connectivity index is 1.71. The lowest BCUT2D eigenvalue weighted by molar-refractivity contribution is -0.132. The number of carbonyl (C=O) groups excluding carboxylic acids is 2. The Labute approximate surface area is 164 Å². The van der Waals surface area contributed by atoms with Gasteiger partial charge in [-0.3, -0.25) is 14.9 Å². The second-order valence-electron chi connectivity index (χ2n) is 5.46. The van der Waals surface area contributed by atoms with Crippen LogP contribution in [-0.4, -0.2) is 24.0 Å². The number of anilines is 1. The van der Waals surface area contributed by atoms with Crippen molar-refractivity contribution in [1.29, 1.82) is 0 Å². The van der Waals surface area contributed by atoms with Crippen molar-refractivity contribution >= 4 is 56.2 Å². The Bertz CT molecular complexity index is 1050. The van der Waals surface area contributed by atoms with Crippen molar-refractivity contribution in [3.63, 3.8) is 0 Å². The summed E-state index contributed by atoms with van der Waals surface area (Å²) in [5.41, 5.74) is 1.49. The van der Waals surface area contributed by atoms with Crippen molar-refractivity contribution in [2.24, 2.45) is 0 Å². The molecule has 2 aromatic carbocycles. The van der Waals surface area contributed by atoms with Gasteiger partial charge in [0.25, 0.3) is 0 Å². The summed E-state index contributed by atoms with van der Waals surface area (Å²) < 4.78 is 11.1. The first-order chi connectivity index (χ1) is 12.9. The number of rotatable bonds is 5. The Kier molecular flexibility index (Phi) is 5.73. The maximum atomic E-state index is 12.1. The van der Waals surface area contributed by atoms with Gasteiger partial charge in [-0.15, -0.1) is 0 Å². The summed E-state index contributed by atoms with van der Waals surface area (Å²) in [4.78, 5) is 27.6. The Morgan fingerprint density at radius 2 is 2.00 bits per heavy atom. The number of aromatic nitrogens is 1. The molecule has 0 spiro atoms. The molecule has 0 unspecified atom stereocenters. The number of nitrogens with zero attached hydrogens (tertiary/aromatic N) is 1. The van der Waals surface area contributed by atoms with E-state index >= 15 is 0 Å². The van der Waals surface area contributed by atoms with E-state index < -0.39 is 5.97 Å². The lowest BCUT2D eigenvalue weighted by Crippen LogP contribution is -2.07. The number of esters is 1. The van der Waals surface area contributed by atoms with Crippen LogP contribution in [0.3, 0.4) is 0 Å². The summed E-state index contributed by atoms with van der Waals surface area (Å²) in [6.07, 6.45) is 3.01. The summed E-state index contributed by atoms with van der Waals surface area (Å²) in [5.74, 6) is -0.0353. The van der Waals surface area contributed by atoms with Gasteiger partial charge in [-0.1, -0.05) is 29.0 Å². The van der Waals surface area contributed by atoms with Gasteiger partial charge in [-0.25, -0.2) is 4.98 Å². The Morgan fingerprint density at radius 3 is 2.74 bits per heavy atom. The predicted octanol–water partition coefficient (Wildman–Crippen LogP) is 4.54. The molecule has 0 radical (unpaired) electrons. The third kappa shape index (κ3) is 4.84. The average molecular weight is 403 g/mol. The molecule has 138 valence electrons. The van der Waals surface area contributed by atoms with Crippen LogP contribution in [-0.2, 0) is 9.59 Å². The molecule has 0 aliphatic rings. The van der Waals surface area contributed by atoms with E-state index in [2.05, 4.69) is 10.3 Å². The van der Waals surface area contributed by atoms with E-state index in [0.717, 1.165) is 10.2 Å². The van der Waals surface area contributed by atoms with Gasteiger partial charge in [0.15, 0.2) is 16.6 Å². The first-order valence-electron chi connectivity index (χ1n) is 7.86. The highest BCUT2D eigenvalue weighted by Gasteiger charge is 2.08. The molecule has 0 atom stereocenters. The minimum absolute atomic E-state index is 0.316. The van der Waals surface area contributed by atoms with Gasteiger partial charge in [0.05, 0.1) is 17.3 Å². The number of amides is 1. The summed E-state index contributed by atoms with van der Waals surface area (Å²) in [6, 6.07) is 10.3. The number of hydrogen-bond acceptors (Lipinski definition) is 6. The SMILES string of the molecule is COc1cc(/C=C/C(=O)Nc2nc3ccc(Cl)cc3s2)ccc1OC(C)=O. The molecular weight excluding hydrogens is 388 g/mol. The van der Waals surface area contributed by atoms with Crippen LogP contribution in [0.15, 0.2) is 42.5 Å². The fourth-order valence-corrected chi connectivity index (χ4v) is 3.44. The third-order valence-electron chi connectivity index (χ3n) is 3.45. The minimum Gasteiger partial charge on any atom is -0.493 e. The molecule has 3 rings (SSSR count). The number of fused-ring (bicyclic) bond motifs is 1. The van der Waals surface area contributed by atoms with Crippen LogP contribution in [0.1, 0.15) is 12.5 Å². The van der Waals surface area contributed by atoms with Crippen molar-refractivity contribution in [1.82, 2.24) is 4.98 Å². The number of hydrogen-bond donors (Lipinski definition) is 1. The monoisotopic (exact) mass is 402 g/mol. The van der Waals surface area contributed by atoms with Crippen LogP contribution in [0, 0.1) is 0 Å². The van der Waals surface area contributed by atoms with Gasteiger partial charge < -0.3 is 9.47 Å². The molecule has 0 fully saturated rings. The highest BCUT2D eigenvalue weighted by atomic mass is 35.5. The fourth-order valence-electron chi connectivity index (χ4n) is 2.30. The summed E-state index contributed by atoms with van der Waals surface area (Å²) in [5, 5.41) is 3.84. The number of benzene rings is 2. The van der Waals surface area contributed by atoms with Crippen LogP contribution in [0.4, 0.5) is 5.13 Å². The fraction of sp³-hybridized carbons (Fsp3) is 0.105. The van der Waals surface area contributed by atoms with Gasteiger partial charge >= 0.3 is 5.97 Å². The largest absolute Gasteiger partial charge is 0.493 e. The minimum atomic E-state index is -0.437. The smallest absolute Gasteiger partial charge is 0.308 e. The van der Waals surface area contributed by atoms with Crippen molar-refractivity contribution in [3.05, 3.63) is 53.1 Å². The van der Waals surface area contributed by atoms with E-state index in [1.54, 1.807) is 42.5 Å². The highest BCUT2D eigenvalue weighted by molar-refractivity contribution is 7.22. The first kappa shape index (κ1) is 18.9. The van der Waals surface area contributed by atoms with E-state index in [9.17, 15) is 9.59 Å². The molecule has 1 aromatic heterocycles. The first-order valence-corrected chi connectivity index (χ1v) is 9.05. The molecule has 27 heavy (non-hydrogen) atoms. The average Bonchev–Trinajstić information content (AvgIpc) is 3.01. The summed E-state index contributed by atoms with van der Waals surface area (Å²) >= 11 is 7.30. The van der Waals surface area contributed by atoms with E-state index in [4.69, 9.17) is 21.1 Å². The molecule has 3 aromatic rings. The van der Waals surface area contributed by atoms with E-state index in [1.165, 1.54) is 31.4 Å². The predicted molar refractivity (Wildman–Crippen MR) is 107 cm³/mol. The van der Waals surface area contributed by atoms with Gasteiger partial charge in [0, 0.05) is 18.0 Å². The molecule has 1 amide bonds. The number of thiazole rings is 1. The molecule has 1 N–H and O–H groups in total. The number of nitrogens with one attached hydrogen (secondary N) is 1. The summed E-state index contributed by atoms with van der Waals surface area (Å²) in [6.45, 7) is 1.31. The maximum absolute atomic E-state index is 12.1. The standard InChI is InChI=1S/C19H15ClN2O4S/c1-11(23)26-15-7-3-12(9-16(15)25-2)4-8-18(24)22-19-21-14-6-5-13(20)10-17(14)27-19/h3-10H,1-2H3,(H,21,22,24)/b8-4+. The third-order valence-corrected chi connectivity index (χ3v) is 4.62. The maximum Gasteiger partial charge on any atom is 0.308 e. The second-order valence-corrected chi connectivity index (χ2v) is 6.92. The van der Waals surface area contributed by atoms with Gasteiger partial charge in [0.2, 0.25) is 5.91 Å². The quantitative estimate of drug-likeness (QED) is 0.385. The van der Waals surface area contributed by atoms with Crippen LogP contribution in [0.5, 0.6) is 11.5 Å². The van der Waals surface area contributed by atoms with Gasteiger partial charge in [0.1, 0.15) is 0 Å². The topological polar surface area (TPSA) is 77.5 Å². The highest BCUT2D eigenvalue weighted by Crippen LogP contribution is 2.29. The molecule has 0 saturated heterocycles. The van der Waals surface area contributed by atoms with Crippen LogP contribution in [0.2, 0.25) is 5.02 Å². The van der Waals surface area contributed by atoms with E-state index in [0.29, 0.717) is 27.2 Å². The van der Waals surface area contributed by atoms with Gasteiger partial charge in [-0.05, 0) is 42.0 Å². The molecular formula is C19H15ClN2O4S. The van der Waals surface area contributed by atoms with E-state index in [-0.39, 0.29) is 5.91 Å². The number of methoxy groups -OCH3 is 1. The molecule has 0 saturated carbocycles. The molecule has 6 nitrogen and oxygen atoms in total. The van der Waals surface area contributed by atoms with Crippen LogP contribution < -0.4 is 14.8 Å². The Hall–Kier alpha value is -2.90. The number of ether oxygens (including phenoxy) is 2. The van der Waals surface area contributed by atoms with Gasteiger partial charge in [-0.2, -0.15) is 0 Å². The number of carbonyl (C=O) groups is 2. The van der Waals surface area contributed by atoms with Crippen LogP contribution >= 0.6 is 22.9 Å². The van der Waals surface area contributed by atoms with Crippen molar-refractivity contribution < 1.29 is 19.1 Å². The number of halogens is 1. The van der Waals surface area contributed by atoms with Crippen molar-refractivity contribution in [2.45, 2.75) is 6.92 Å². The molecule has 1 heterocycles. The van der Waals surface area contributed by atoms with Crippen molar-refractivity contribution in [3.8, 4) is 11.5 Å². The van der Waals surface area contributed by atoms with Crippen molar-refractivity contribution in [2.75, 3.05) is 12.4 Å². The zero-order chi connectivity index (χ0) is 19.4. The van der Waals surface area contributed by atoms with Crippen LogP contribution in [0.25, 0.3) is 16.3 Å². The Morgan fingerprint density at radius 1 is 1.19 bits per heavy atom. The lowest BCUT2D eigenvalue weighted by atomic mass is 10.2. The molecule has 0 aliphatic carbocycles. The van der Waals surface area contributed by atoms with E-state index in [1.807, 2.05) is 0 Å². The molecule has 0 bridgehead atoms. The summed E-state index contributed by atoms with van der Waals surface area (Å²) in [7, 11) is 1.47. The zero-order valence-electron chi connectivity index (χ0n) is 14.5. The lowest BCUT2D eigenvalue weighted by Gasteiger charge is -2.08.